The van der Waals surface area contributed by atoms with Crippen LogP contribution in [0.1, 0.15) is 32.3 Å². The summed E-state index contributed by atoms with van der Waals surface area (Å²) in [6, 6.07) is 9.51. The van der Waals surface area contributed by atoms with E-state index in [0.29, 0.717) is 12.3 Å². The van der Waals surface area contributed by atoms with Gasteiger partial charge in [0.1, 0.15) is 12.2 Å². The van der Waals surface area contributed by atoms with Gasteiger partial charge in [-0.25, -0.2) is 9.59 Å². The highest BCUT2D eigenvalue weighted by Crippen LogP contribution is 2.31. The molecule has 0 aliphatic carbocycles. The van der Waals surface area contributed by atoms with E-state index in [-0.39, 0.29) is 12.6 Å². The number of carbonyl (C=O) groups excluding carboxylic acids is 2. The minimum Gasteiger partial charge on any atom is -0.458 e. The van der Waals surface area contributed by atoms with Crippen molar-refractivity contribution in [3.63, 3.8) is 0 Å². The minimum atomic E-state index is -0.637. The molecule has 0 N–H and O–H groups in total. The third-order valence-corrected chi connectivity index (χ3v) is 3.52. The second-order valence-corrected chi connectivity index (χ2v) is 6.12. The average molecular weight is 314 g/mol. The predicted octanol–water partition coefficient (Wildman–Crippen LogP) is 3.57. The fourth-order valence-electron chi connectivity index (χ4n) is 2.61. The van der Waals surface area contributed by atoms with Crippen molar-refractivity contribution in [2.45, 2.75) is 38.9 Å². The zero-order chi connectivity index (χ0) is 16.7. The second kappa shape index (κ2) is 7.77. The van der Waals surface area contributed by atoms with Gasteiger partial charge in [-0.3, -0.25) is 0 Å². The molecule has 0 amide bonds. The molecule has 0 saturated heterocycles. The van der Waals surface area contributed by atoms with E-state index >= 15 is 0 Å². The monoisotopic (exact) mass is 314 g/mol. The zero-order valence-electron chi connectivity index (χ0n) is 13.5. The number of cyclic esters (lactones) is 1. The predicted molar refractivity (Wildman–Crippen MR) is 87.4 cm³/mol. The van der Waals surface area contributed by atoms with Crippen molar-refractivity contribution < 1.29 is 19.1 Å². The molecule has 1 aromatic carbocycles. The minimum absolute atomic E-state index is 0.246. The van der Waals surface area contributed by atoms with E-state index in [0.717, 1.165) is 12.0 Å². The van der Waals surface area contributed by atoms with Gasteiger partial charge in [0.2, 0.25) is 0 Å². The summed E-state index contributed by atoms with van der Waals surface area (Å²) in [5, 5.41) is 0. The summed E-state index contributed by atoms with van der Waals surface area (Å²) in [6.45, 7) is 4.38. The smallest absolute Gasteiger partial charge is 0.331 e. The van der Waals surface area contributed by atoms with E-state index in [9.17, 15) is 9.59 Å². The largest absolute Gasteiger partial charge is 0.458 e. The Morgan fingerprint density at radius 1 is 1.30 bits per heavy atom. The van der Waals surface area contributed by atoms with Gasteiger partial charge in [0.25, 0.3) is 0 Å². The number of benzene rings is 1. The molecule has 0 radical (unpaired) electrons. The molecule has 1 atom stereocenters. The molecule has 122 valence electrons. The third-order valence-electron chi connectivity index (χ3n) is 3.52. The summed E-state index contributed by atoms with van der Waals surface area (Å²) >= 11 is 0. The molecule has 0 aromatic heterocycles. The van der Waals surface area contributed by atoms with Gasteiger partial charge in [-0.1, -0.05) is 50.3 Å². The van der Waals surface area contributed by atoms with Crippen molar-refractivity contribution in [3.05, 3.63) is 60.2 Å². The van der Waals surface area contributed by atoms with Crippen LogP contribution in [0.25, 0.3) is 0 Å². The highest BCUT2D eigenvalue weighted by Gasteiger charge is 2.35. The topological polar surface area (TPSA) is 52.6 Å². The van der Waals surface area contributed by atoms with Crippen LogP contribution in [0.3, 0.4) is 0 Å². The number of esters is 2. The van der Waals surface area contributed by atoms with Crippen molar-refractivity contribution in [3.8, 4) is 0 Å². The van der Waals surface area contributed by atoms with Crippen LogP contribution < -0.4 is 0 Å². The normalized spacial score (nSPS) is 20.2. The van der Waals surface area contributed by atoms with Crippen LogP contribution in [0.2, 0.25) is 0 Å². The standard InChI is InChI=1S/C19H22O4/c1-15(2)13-19(12-10-18(21)23-19)11-6-9-17(20)22-14-16-7-4-3-5-8-16/h3-10,12,15H,11,13-14H2,1-2H3/b9-6+/t19-/m0/s1. The van der Waals surface area contributed by atoms with Crippen LogP contribution in [-0.4, -0.2) is 17.5 Å². The van der Waals surface area contributed by atoms with Crippen LogP contribution in [0.15, 0.2) is 54.6 Å². The first-order chi connectivity index (χ1) is 11.0. The fourth-order valence-corrected chi connectivity index (χ4v) is 2.61. The first-order valence-electron chi connectivity index (χ1n) is 7.78. The molecule has 1 heterocycles. The molecule has 0 fully saturated rings. The average Bonchev–Trinajstić information content (AvgIpc) is 2.86. The Morgan fingerprint density at radius 2 is 2.04 bits per heavy atom. The summed E-state index contributed by atoms with van der Waals surface area (Å²) < 4.78 is 10.6. The maximum Gasteiger partial charge on any atom is 0.331 e. The summed E-state index contributed by atoms with van der Waals surface area (Å²) in [5.41, 5.74) is 0.305. The van der Waals surface area contributed by atoms with Gasteiger partial charge in [-0.05, 0) is 24.0 Å². The molecular weight excluding hydrogens is 292 g/mol. The highest BCUT2D eigenvalue weighted by atomic mass is 16.6. The molecular formula is C19H22O4. The lowest BCUT2D eigenvalue weighted by molar-refractivity contribution is -0.146. The molecule has 0 saturated carbocycles. The number of carbonyl (C=O) groups is 2. The van der Waals surface area contributed by atoms with Crippen molar-refractivity contribution in [2.24, 2.45) is 5.92 Å². The Hall–Kier alpha value is -2.36. The lowest BCUT2D eigenvalue weighted by atomic mass is 9.89. The molecule has 1 aliphatic heterocycles. The van der Waals surface area contributed by atoms with Gasteiger partial charge in [-0.2, -0.15) is 0 Å². The lowest BCUT2D eigenvalue weighted by Gasteiger charge is -2.27. The van der Waals surface area contributed by atoms with Gasteiger partial charge < -0.3 is 9.47 Å². The lowest BCUT2D eigenvalue weighted by Crippen LogP contribution is -2.29. The van der Waals surface area contributed by atoms with Gasteiger partial charge in [0, 0.05) is 18.6 Å². The molecule has 4 nitrogen and oxygen atoms in total. The Kier molecular flexibility index (Phi) is 5.74. The van der Waals surface area contributed by atoms with Crippen LogP contribution in [0.4, 0.5) is 0 Å². The molecule has 0 spiro atoms. The number of ether oxygens (including phenoxy) is 2. The Morgan fingerprint density at radius 3 is 2.65 bits per heavy atom. The summed E-state index contributed by atoms with van der Waals surface area (Å²) in [6.07, 6.45) is 7.52. The fraction of sp³-hybridized carbons (Fsp3) is 0.368. The van der Waals surface area contributed by atoms with E-state index in [1.807, 2.05) is 30.3 Å². The van der Waals surface area contributed by atoms with Gasteiger partial charge >= 0.3 is 11.9 Å². The SMILES string of the molecule is CC(C)C[C@]1(C/C=C/C(=O)OCc2ccccc2)C=CC(=O)O1. The van der Waals surface area contributed by atoms with Crippen molar-refractivity contribution >= 4 is 11.9 Å². The molecule has 1 aromatic rings. The quantitative estimate of drug-likeness (QED) is 0.570. The van der Waals surface area contributed by atoms with Gasteiger partial charge in [-0.15, -0.1) is 0 Å². The summed E-state index contributed by atoms with van der Waals surface area (Å²) in [5.74, 6) is -0.350. The number of rotatable bonds is 7. The molecule has 0 unspecified atom stereocenters. The molecule has 4 heteroatoms. The maximum atomic E-state index is 11.7. The van der Waals surface area contributed by atoms with E-state index < -0.39 is 11.6 Å². The van der Waals surface area contributed by atoms with Crippen LogP contribution >= 0.6 is 0 Å². The molecule has 0 bridgehead atoms. The van der Waals surface area contributed by atoms with E-state index in [1.54, 1.807) is 12.2 Å². The van der Waals surface area contributed by atoms with Crippen LogP contribution in [-0.2, 0) is 25.7 Å². The van der Waals surface area contributed by atoms with Gasteiger partial charge in [0.15, 0.2) is 0 Å². The number of hydrogen-bond acceptors (Lipinski definition) is 4. The number of hydrogen-bond donors (Lipinski definition) is 0. The van der Waals surface area contributed by atoms with Crippen LogP contribution in [0, 0.1) is 5.92 Å². The highest BCUT2D eigenvalue weighted by molar-refractivity contribution is 5.85. The first-order valence-corrected chi connectivity index (χ1v) is 7.78. The van der Waals surface area contributed by atoms with Crippen LogP contribution in [0.5, 0.6) is 0 Å². The maximum absolute atomic E-state index is 11.7. The molecule has 23 heavy (non-hydrogen) atoms. The third kappa shape index (κ3) is 5.40. The van der Waals surface area contributed by atoms with Crippen molar-refractivity contribution in [1.29, 1.82) is 0 Å². The summed E-state index contributed by atoms with van der Waals surface area (Å²) in [7, 11) is 0. The second-order valence-electron chi connectivity index (χ2n) is 6.12. The zero-order valence-corrected chi connectivity index (χ0v) is 13.5. The van der Waals surface area contributed by atoms with Crippen molar-refractivity contribution in [2.75, 3.05) is 0 Å². The van der Waals surface area contributed by atoms with Crippen molar-refractivity contribution in [1.82, 2.24) is 0 Å². The molecule has 1 aliphatic rings. The molecule has 2 rings (SSSR count). The van der Waals surface area contributed by atoms with E-state index in [2.05, 4.69) is 13.8 Å². The van der Waals surface area contributed by atoms with E-state index in [1.165, 1.54) is 12.2 Å². The Labute approximate surface area is 136 Å². The van der Waals surface area contributed by atoms with Gasteiger partial charge in [0.05, 0.1) is 0 Å². The Balaban J connectivity index is 1.85. The first kappa shape index (κ1) is 17.0. The Bertz CT molecular complexity index is 601. The van der Waals surface area contributed by atoms with E-state index in [4.69, 9.17) is 9.47 Å². The summed E-state index contributed by atoms with van der Waals surface area (Å²) in [4.78, 5) is 23.1.